The quantitative estimate of drug-likeness (QED) is 0.722. The third-order valence-electron chi connectivity index (χ3n) is 2.15. The van der Waals surface area contributed by atoms with Gasteiger partial charge < -0.3 is 14.2 Å². The van der Waals surface area contributed by atoms with E-state index in [1.807, 2.05) is 18.2 Å². The van der Waals surface area contributed by atoms with Gasteiger partial charge in [-0.05, 0) is 30.2 Å². The molecular formula is C12H17BrO3. The van der Waals surface area contributed by atoms with Gasteiger partial charge in [0.25, 0.3) is 0 Å². The van der Waals surface area contributed by atoms with Crippen molar-refractivity contribution < 1.29 is 14.2 Å². The van der Waals surface area contributed by atoms with Crippen LogP contribution in [0.1, 0.15) is 12.0 Å². The molecule has 1 aromatic rings. The van der Waals surface area contributed by atoms with E-state index in [0.29, 0.717) is 13.2 Å². The summed E-state index contributed by atoms with van der Waals surface area (Å²) in [6, 6.07) is 5.85. The average Bonchev–Trinajstić information content (AvgIpc) is 2.31. The van der Waals surface area contributed by atoms with Gasteiger partial charge in [0, 0.05) is 24.8 Å². The smallest absolute Gasteiger partial charge is 0.119 e. The molecule has 0 N–H and O–H groups in total. The summed E-state index contributed by atoms with van der Waals surface area (Å²) in [6.45, 7) is 2.03. The van der Waals surface area contributed by atoms with E-state index in [1.165, 1.54) is 0 Å². The number of halogens is 1. The van der Waals surface area contributed by atoms with Crippen molar-refractivity contribution in [2.75, 3.05) is 27.4 Å². The first-order valence-electron chi connectivity index (χ1n) is 5.17. The summed E-state index contributed by atoms with van der Waals surface area (Å²) < 4.78 is 16.7. The molecule has 0 aromatic heterocycles. The summed E-state index contributed by atoms with van der Waals surface area (Å²) in [5.41, 5.74) is 1.09. The van der Waals surface area contributed by atoms with Crippen molar-refractivity contribution >= 4 is 15.9 Å². The fourth-order valence-corrected chi connectivity index (χ4v) is 1.64. The van der Waals surface area contributed by atoms with E-state index in [4.69, 9.17) is 14.2 Å². The minimum Gasteiger partial charge on any atom is -0.497 e. The van der Waals surface area contributed by atoms with Crippen molar-refractivity contribution in [1.29, 1.82) is 0 Å². The topological polar surface area (TPSA) is 27.7 Å². The van der Waals surface area contributed by atoms with Gasteiger partial charge >= 0.3 is 0 Å². The highest BCUT2D eigenvalue weighted by Crippen LogP contribution is 2.23. The molecule has 1 rings (SSSR count). The summed E-state index contributed by atoms with van der Waals surface area (Å²) in [4.78, 5) is 0. The highest BCUT2D eigenvalue weighted by molar-refractivity contribution is 9.10. The molecule has 0 amide bonds. The first kappa shape index (κ1) is 13.5. The van der Waals surface area contributed by atoms with E-state index in [9.17, 15) is 0 Å². The molecule has 0 atom stereocenters. The minimum absolute atomic E-state index is 0.585. The molecule has 0 fully saturated rings. The van der Waals surface area contributed by atoms with Crippen molar-refractivity contribution in [1.82, 2.24) is 0 Å². The number of hydrogen-bond acceptors (Lipinski definition) is 3. The van der Waals surface area contributed by atoms with Gasteiger partial charge in [-0.3, -0.25) is 0 Å². The molecule has 0 heterocycles. The summed E-state index contributed by atoms with van der Waals surface area (Å²) in [7, 11) is 3.35. The second-order valence-electron chi connectivity index (χ2n) is 3.36. The fraction of sp³-hybridized carbons (Fsp3) is 0.500. The molecule has 0 aliphatic carbocycles. The lowest BCUT2D eigenvalue weighted by molar-refractivity contribution is 0.0925. The molecule has 0 saturated carbocycles. The van der Waals surface area contributed by atoms with E-state index >= 15 is 0 Å². The molecule has 0 radical (unpaired) electrons. The van der Waals surface area contributed by atoms with E-state index < -0.39 is 0 Å². The maximum atomic E-state index is 5.54. The van der Waals surface area contributed by atoms with Gasteiger partial charge in [-0.15, -0.1) is 0 Å². The zero-order valence-electron chi connectivity index (χ0n) is 9.66. The largest absolute Gasteiger partial charge is 0.497 e. The maximum absolute atomic E-state index is 5.54. The standard InChI is InChI=1S/C12H17BrO3/c1-14-6-3-7-16-9-10-8-11(15-2)4-5-12(10)13/h4-5,8H,3,6-7,9H2,1-2H3. The van der Waals surface area contributed by atoms with Crippen molar-refractivity contribution in [2.45, 2.75) is 13.0 Å². The molecule has 3 nitrogen and oxygen atoms in total. The van der Waals surface area contributed by atoms with Gasteiger partial charge in [0.1, 0.15) is 5.75 Å². The third kappa shape index (κ3) is 4.51. The number of rotatable bonds is 7. The summed E-state index contributed by atoms with van der Waals surface area (Å²) in [5.74, 6) is 0.846. The molecule has 0 bridgehead atoms. The van der Waals surface area contributed by atoms with Crippen LogP contribution in [0.3, 0.4) is 0 Å². The van der Waals surface area contributed by atoms with Crippen LogP contribution < -0.4 is 4.74 Å². The van der Waals surface area contributed by atoms with Gasteiger partial charge in [0.05, 0.1) is 13.7 Å². The number of hydrogen-bond donors (Lipinski definition) is 0. The Morgan fingerprint density at radius 1 is 1.19 bits per heavy atom. The monoisotopic (exact) mass is 288 g/mol. The van der Waals surface area contributed by atoms with Crippen LogP contribution >= 0.6 is 15.9 Å². The molecule has 1 aromatic carbocycles. The van der Waals surface area contributed by atoms with E-state index in [1.54, 1.807) is 14.2 Å². The Labute approximate surface area is 105 Å². The van der Waals surface area contributed by atoms with E-state index in [2.05, 4.69) is 15.9 Å². The second-order valence-corrected chi connectivity index (χ2v) is 4.21. The van der Waals surface area contributed by atoms with Crippen LogP contribution in [0.2, 0.25) is 0 Å². The number of ether oxygens (including phenoxy) is 3. The Morgan fingerprint density at radius 2 is 2.00 bits per heavy atom. The van der Waals surface area contributed by atoms with Crippen molar-refractivity contribution in [3.8, 4) is 5.75 Å². The highest BCUT2D eigenvalue weighted by atomic mass is 79.9. The maximum Gasteiger partial charge on any atom is 0.119 e. The van der Waals surface area contributed by atoms with Crippen LogP contribution in [0.25, 0.3) is 0 Å². The molecule has 16 heavy (non-hydrogen) atoms. The summed E-state index contributed by atoms with van der Waals surface area (Å²) >= 11 is 3.48. The second kappa shape index (κ2) is 7.65. The van der Waals surface area contributed by atoms with E-state index in [-0.39, 0.29) is 0 Å². The normalized spacial score (nSPS) is 10.4. The Hall–Kier alpha value is -0.580. The third-order valence-corrected chi connectivity index (χ3v) is 2.92. The zero-order valence-corrected chi connectivity index (χ0v) is 11.2. The first-order valence-corrected chi connectivity index (χ1v) is 5.96. The lowest BCUT2D eigenvalue weighted by Gasteiger charge is -2.08. The van der Waals surface area contributed by atoms with Crippen molar-refractivity contribution in [2.24, 2.45) is 0 Å². The Bertz CT molecular complexity index is 315. The van der Waals surface area contributed by atoms with Crippen LogP contribution in [0.15, 0.2) is 22.7 Å². The Kier molecular flexibility index (Phi) is 6.45. The van der Waals surface area contributed by atoms with Crippen LogP contribution in [0, 0.1) is 0 Å². The number of benzene rings is 1. The molecular weight excluding hydrogens is 272 g/mol. The van der Waals surface area contributed by atoms with Gasteiger partial charge in [0.2, 0.25) is 0 Å². The summed E-state index contributed by atoms with van der Waals surface area (Å²) in [6.07, 6.45) is 0.915. The van der Waals surface area contributed by atoms with Gasteiger partial charge in [0.15, 0.2) is 0 Å². The van der Waals surface area contributed by atoms with Gasteiger partial charge in [-0.2, -0.15) is 0 Å². The molecule has 90 valence electrons. The number of methoxy groups -OCH3 is 2. The van der Waals surface area contributed by atoms with Gasteiger partial charge in [-0.25, -0.2) is 0 Å². The first-order chi connectivity index (χ1) is 7.77. The predicted octanol–water partition coefficient (Wildman–Crippen LogP) is 3.01. The van der Waals surface area contributed by atoms with Crippen LogP contribution in [0.5, 0.6) is 5.75 Å². The van der Waals surface area contributed by atoms with E-state index in [0.717, 1.165) is 28.8 Å². The molecule has 4 heteroatoms. The summed E-state index contributed by atoms with van der Waals surface area (Å²) in [5, 5.41) is 0. The zero-order chi connectivity index (χ0) is 11.8. The molecule has 0 spiro atoms. The van der Waals surface area contributed by atoms with Crippen molar-refractivity contribution in [3.05, 3.63) is 28.2 Å². The SMILES string of the molecule is COCCCOCc1cc(OC)ccc1Br. The van der Waals surface area contributed by atoms with Crippen LogP contribution in [-0.4, -0.2) is 27.4 Å². The lowest BCUT2D eigenvalue weighted by Crippen LogP contribution is -2.00. The molecule has 0 aliphatic heterocycles. The van der Waals surface area contributed by atoms with Crippen LogP contribution in [0.4, 0.5) is 0 Å². The lowest BCUT2D eigenvalue weighted by atomic mass is 10.2. The van der Waals surface area contributed by atoms with Crippen LogP contribution in [-0.2, 0) is 16.1 Å². The highest BCUT2D eigenvalue weighted by Gasteiger charge is 2.02. The van der Waals surface area contributed by atoms with Crippen molar-refractivity contribution in [3.63, 3.8) is 0 Å². The van der Waals surface area contributed by atoms with Gasteiger partial charge in [-0.1, -0.05) is 15.9 Å². The minimum atomic E-state index is 0.585. The molecule has 0 saturated heterocycles. The molecule has 0 aliphatic rings. The Balaban J connectivity index is 2.40. The predicted molar refractivity (Wildman–Crippen MR) is 66.8 cm³/mol. The average molecular weight is 289 g/mol. The Morgan fingerprint density at radius 3 is 2.69 bits per heavy atom. The molecule has 0 unspecified atom stereocenters. The fourth-order valence-electron chi connectivity index (χ4n) is 1.28.